The van der Waals surface area contributed by atoms with Crippen molar-refractivity contribution in [2.75, 3.05) is 11.9 Å². The van der Waals surface area contributed by atoms with Crippen LogP contribution >= 0.6 is 0 Å². The summed E-state index contributed by atoms with van der Waals surface area (Å²) in [4.78, 5) is 8.27. The standard InChI is InChI=1S/C17H18F3N7O/c1-10-4-13(14-9-27(26-25-14)8-12(28)7-21)23-16(5-10)24-15-6-11(2-3-22-15)17(18,19)20/h2-6,9,12,28H,7-8,21H2,1H3,(H,22,23,24). The van der Waals surface area contributed by atoms with Crippen molar-refractivity contribution in [3.63, 3.8) is 0 Å². The highest BCUT2D eigenvalue weighted by atomic mass is 19.4. The number of hydrogen-bond acceptors (Lipinski definition) is 7. The number of alkyl halides is 3. The van der Waals surface area contributed by atoms with Gasteiger partial charge >= 0.3 is 6.18 Å². The van der Waals surface area contributed by atoms with Crippen molar-refractivity contribution < 1.29 is 18.3 Å². The number of nitrogens with one attached hydrogen (secondary N) is 1. The van der Waals surface area contributed by atoms with Gasteiger partial charge in [-0.15, -0.1) is 5.10 Å². The minimum Gasteiger partial charge on any atom is -0.390 e. The Morgan fingerprint density at radius 1 is 1.21 bits per heavy atom. The second kappa shape index (κ2) is 7.90. The summed E-state index contributed by atoms with van der Waals surface area (Å²) < 4.78 is 40.0. The van der Waals surface area contributed by atoms with Crippen LogP contribution in [0.25, 0.3) is 11.4 Å². The molecular formula is C17H18F3N7O. The predicted molar refractivity (Wildman–Crippen MR) is 95.6 cm³/mol. The van der Waals surface area contributed by atoms with E-state index >= 15 is 0 Å². The molecule has 0 radical (unpaired) electrons. The van der Waals surface area contributed by atoms with Gasteiger partial charge in [-0.3, -0.25) is 0 Å². The number of hydrogen-bond donors (Lipinski definition) is 3. The first-order valence-corrected chi connectivity index (χ1v) is 8.32. The van der Waals surface area contributed by atoms with Crippen molar-refractivity contribution in [3.05, 3.63) is 47.8 Å². The molecule has 3 rings (SSSR count). The lowest BCUT2D eigenvalue weighted by atomic mass is 10.2. The fourth-order valence-electron chi connectivity index (χ4n) is 2.46. The van der Waals surface area contributed by atoms with Crippen molar-refractivity contribution in [1.82, 2.24) is 25.0 Å². The normalized spacial score (nSPS) is 12.8. The van der Waals surface area contributed by atoms with Gasteiger partial charge in [0.2, 0.25) is 0 Å². The Bertz CT molecular complexity index is 958. The minimum atomic E-state index is -4.46. The van der Waals surface area contributed by atoms with E-state index in [-0.39, 0.29) is 18.9 Å². The lowest BCUT2D eigenvalue weighted by Crippen LogP contribution is -2.25. The summed E-state index contributed by atoms with van der Waals surface area (Å²) >= 11 is 0. The minimum absolute atomic E-state index is 0.0218. The lowest BCUT2D eigenvalue weighted by molar-refractivity contribution is -0.137. The topological polar surface area (TPSA) is 115 Å². The van der Waals surface area contributed by atoms with Crippen LogP contribution in [0.5, 0.6) is 0 Å². The van der Waals surface area contributed by atoms with Crippen LogP contribution in [0.4, 0.5) is 24.8 Å². The highest BCUT2D eigenvalue weighted by Crippen LogP contribution is 2.30. The fraction of sp³-hybridized carbons (Fsp3) is 0.294. The molecule has 0 spiro atoms. The summed E-state index contributed by atoms with van der Waals surface area (Å²) in [6.45, 7) is 2.10. The van der Waals surface area contributed by atoms with Crippen LogP contribution in [-0.4, -0.2) is 42.7 Å². The zero-order valence-corrected chi connectivity index (χ0v) is 14.9. The van der Waals surface area contributed by atoms with Gasteiger partial charge in [-0.05, 0) is 36.8 Å². The fourth-order valence-corrected chi connectivity index (χ4v) is 2.46. The van der Waals surface area contributed by atoms with Crippen LogP contribution in [0.3, 0.4) is 0 Å². The average molecular weight is 393 g/mol. The molecule has 0 aliphatic rings. The van der Waals surface area contributed by atoms with E-state index in [0.717, 1.165) is 23.9 Å². The molecular weight excluding hydrogens is 375 g/mol. The maximum atomic E-state index is 12.9. The molecule has 0 amide bonds. The number of aryl methyl sites for hydroxylation is 1. The first-order chi connectivity index (χ1) is 13.2. The summed E-state index contributed by atoms with van der Waals surface area (Å²) in [7, 11) is 0. The van der Waals surface area contributed by atoms with Crippen LogP contribution in [0.2, 0.25) is 0 Å². The monoisotopic (exact) mass is 393 g/mol. The summed E-state index contributed by atoms with van der Waals surface area (Å²) in [6, 6.07) is 5.25. The Morgan fingerprint density at radius 3 is 2.71 bits per heavy atom. The zero-order chi connectivity index (χ0) is 20.3. The van der Waals surface area contributed by atoms with E-state index < -0.39 is 17.8 Å². The van der Waals surface area contributed by atoms with Crippen LogP contribution in [0.1, 0.15) is 11.1 Å². The third kappa shape index (κ3) is 4.81. The Hall–Kier alpha value is -3.05. The lowest BCUT2D eigenvalue weighted by Gasteiger charge is -2.10. The number of halogens is 3. The van der Waals surface area contributed by atoms with Gasteiger partial charge in [0.05, 0.1) is 30.1 Å². The van der Waals surface area contributed by atoms with Crippen LogP contribution in [-0.2, 0) is 12.7 Å². The van der Waals surface area contributed by atoms with Crippen molar-refractivity contribution >= 4 is 11.6 Å². The molecule has 0 saturated carbocycles. The van der Waals surface area contributed by atoms with Crippen LogP contribution < -0.4 is 11.1 Å². The molecule has 28 heavy (non-hydrogen) atoms. The molecule has 0 fully saturated rings. The number of anilines is 2. The van der Waals surface area contributed by atoms with E-state index in [2.05, 4.69) is 25.6 Å². The second-order valence-electron chi connectivity index (χ2n) is 6.18. The Morgan fingerprint density at radius 2 is 2.00 bits per heavy atom. The number of aliphatic hydroxyl groups excluding tert-OH is 1. The van der Waals surface area contributed by atoms with Gasteiger partial charge in [0.15, 0.2) is 0 Å². The second-order valence-corrected chi connectivity index (χ2v) is 6.18. The third-order valence-corrected chi connectivity index (χ3v) is 3.78. The Kier molecular flexibility index (Phi) is 5.56. The molecule has 148 valence electrons. The van der Waals surface area contributed by atoms with E-state index in [1.165, 1.54) is 4.68 Å². The van der Waals surface area contributed by atoms with E-state index in [1.807, 2.05) is 6.92 Å². The van der Waals surface area contributed by atoms with Crippen LogP contribution in [0, 0.1) is 6.92 Å². The molecule has 0 aromatic carbocycles. The molecule has 1 unspecified atom stereocenters. The van der Waals surface area contributed by atoms with Gasteiger partial charge in [-0.1, -0.05) is 5.21 Å². The molecule has 11 heteroatoms. The van der Waals surface area contributed by atoms with Crippen molar-refractivity contribution in [2.45, 2.75) is 25.7 Å². The largest absolute Gasteiger partial charge is 0.416 e. The zero-order valence-electron chi connectivity index (χ0n) is 14.9. The van der Waals surface area contributed by atoms with Gasteiger partial charge in [0, 0.05) is 12.7 Å². The van der Waals surface area contributed by atoms with E-state index in [9.17, 15) is 18.3 Å². The average Bonchev–Trinajstić information content (AvgIpc) is 3.09. The molecule has 0 bridgehead atoms. The van der Waals surface area contributed by atoms with Gasteiger partial charge in [0.1, 0.15) is 17.3 Å². The smallest absolute Gasteiger partial charge is 0.390 e. The first kappa shape index (κ1) is 19.7. The number of aliphatic hydroxyl groups is 1. The van der Waals surface area contributed by atoms with Crippen LogP contribution in [0.15, 0.2) is 36.7 Å². The molecule has 0 saturated heterocycles. The van der Waals surface area contributed by atoms with Gasteiger partial charge in [0.25, 0.3) is 0 Å². The first-order valence-electron chi connectivity index (χ1n) is 8.32. The molecule has 3 aromatic rings. The van der Waals surface area contributed by atoms with E-state index in [4.69, 9.17) is 5.73 Å². The SMILES string of the molecule is Cc1cc(Nc2cc(C(F)(F)F)ccn2)nc(-c2cn(CC(O)CN)nn2)c1. The van der Waals surface area contributed by atoms with Gasteiger partial charge in [-0.25, -0.2) is 14.6 Å². The van der Waals surface area contributed by atoms with E-state index in [0.29, 0.717) is 17.2 Å². The van der Waals surface area contributed by atoms with Crippen molar-refractivity contribution in [1.29, 1.82) is 0 Å². The molecule has 4 N–H and O–H groups in total. The highest BCUT2D eigenvalue weighted by Gasteiger charge is 2.30. The summed E-state index contributed by atoms with van der Waals surface area (Å²) in [5.74, 6) is 0.340. The number of nitrogens with two attached hydrogens (primary N) is 1. The highest BCUT2D eigenvalue weighted by molar-refractivity contribution is 5.61. The summed E-state index contributed by atoms with van der Waals surface area (Å²) in [5, 5.41) is 20.3. The molecule has 3 heterocycles. The number of aromatic nitrogens is 5. The summed E-state index contributed by atoms with van der Waals surface area (Å²) in [6.07, 6.45) is -2.52. The van der Waals surface area contributed by atoms with Crippen molar-refractivity contribution in [2.24, 2.45) is 5.73 Å². The van der Waals surface area contributed by atoms with E-state index in [1.54, 1.807) is 18.3 Å². The predicted octanol–water partition coefficient (Wildman–Crippen LogP) is 2.13. The summed E-state index contributed by atoms with van der Waals surface area (Å²) in [5.41, 5.74) is 6.32. The molecule has 0 aliphatic carbocycles. The maximum absolute atomic E-state index is 12.9. The number of nitrogens with zero attached hydrogens (tertiary/aromatic N) is 5. The Balaban J connectivity index is 1.84. The molecule has 1 atom stereocenters. The quantitative estimate of drug-likeness (QED) is 0.588. The number of rotatable bonds is 6. The van der Waals surface area contributed by atoms with Crippen molar-refractivity contribution in [3.8, 4) is 11.4 Å². The molecule has 0 aliphatic heterocycles. The number of pyridine rings is 2. The van der Waals surface area contributed by atoms with Gasteiger partial charge in [-0.2, -0.15) is 13.2 Å². The third-order valence-electron chi connectivity index (χ3n) is 3.78. The Labute approximate surface area is 158 Å². The van der Waals surface area contributed by atoms with Gasteiger partial charge < -0.3 is 16.2 Å². The molecule has 8 nitrogen and oxygen atoms in total. The maximum Gasteiger partial charge on any atom is 0.416 e. The molecule has 3 aromatic heterocycles.